The third-order valence-corrected chi connectivity index (χ3v) is 5.08. The van der Waals surface area contributed by atoms with Gasteiger partial charge >= 0.3 is 6.03 Å². The molecule has 6 nitrogen and oxygen atoms in total. The Kier molecular flexibility index (Phi) is 3.13. The van der Waals surface area contributed by atoms with Crippen LogP contribution in [0.3, 0.4) is 0 Å². The van der Waals surface area contributed by atoms with Gasteiger partial charge in [0.2, 0.25) is 0 Å². The van der Waals surface area contributed by atoms with Gasteiger partial charge in [-0.2, -0.15) is 0 Å². The molecule has 1 saturated heterocycles. The Morgan fingerprint density at radius 3 is 2.78 bits per heavy atom. The zero-order valence-electron chi connectivity index (χ0n) is 12.6. The highest BCUT2D eigenvalue weighted by Gasteiger charge is 2.70. The van der Waals surface area contributed by atoms with Gasteiger partial charge in [0.25, 0.3) is 5.91 Å². The maximum absolute atomic E-state index is 12.8. The number of imide groups is 1. The SMILES string of the molecule is CCC1=NO[C@H]([C@H]2C[C@]23NC(=O)N(c2ccc(Cl)cc2)C3=O)C1. The molecule has 2 heterocycles. The quantitative estimate of drug-likeness (QED) is 0.864. The van der Waals surface area contributed by atoms with Crippen LogP contribution in [0.15, 0.2) is 29.4 Å². The molecule has 1 N–H and O–H groups in total. The lowest BCUT2D eigenvalue weighted by Gasteiger charge is -2.14. The van der Waals surface area contributed by atoms with E-state index in [9.17, 15) is 9.59 Å². The van der Waals surface area contributed by atoms with E-state index in [1.165, 1.54) is 4.90 Å². The molecule has 0 unspecified atom stereocenters. The number of nitrogens with one attached hydrogen (secondary N) is 1. The fourth-order valence-electron chi connectivity index (χ4n) is 3.42. The van der Waals surface area contributed by atoms with Crippen LogP contribution in [0.5, 0.6) is 0 Å². The number of rotatable bonds is 3. The molecule has 1 aromatic rings. The molecular weight excluding hydrogens is 318 g/mol. The number of oxime groups is 1. The normalized spacial score (nSPS) is 32.1. The predicted molar refractivity (Wildman–Crippen MR) is 85.5 cm³/mol. The summed E-state index contributed by atoms with van der Waals surface area (Å²) in [5.41, 5.74) is 0.695. The number of nitrogens with zero attached hydrogens (tertiary/aromatic N) is 2. The minimum atomic E-state index is -0.833. The van der Waals surface area contributed by atoms with Crippen LogP contribution in [0, 0.1) is 5.92 Å². The molecule has 3 aliphatic rings. The van der Waals surface area contributed by atoms with E-state index in [-0.39, 0.29) is 17.9 Å². The number of hydrogen-bond acceptors (Lipinski definition) is 4. The lowest BCUT2D eigenvalue weighted by Crippen LogP contribution is -2.37. The van der Waals surface area contributed by atoms with E-state index >= 15 is 0 Å². The first kappa shape index (κ1) is 14.5. The minimum absolute atomic E-state index is 0.0240. The highest BCUT2D eigenvalue weighted by Crippen LogP contribution is 2.52. The van der Waals surface area contributed by atoms with Crippen molar-refractivity contribution < 1.29 is 14.4 Å². The molecule has 0 bridgehead atoms. The second-order valence-electron chi connectivity index (χ2n) is 6.19. The van der Waals surface area contributed by atoms with Gasteiger partial charge in [-0.3, -0.25) is 4.79 Å². The van der Waals surface area contributed by atoms with Crippen LogP contribution < -0.4 is 10.2 Å². The maximum Gasteiger partial charge on any atom is 0.329 e. The van der Waals surface area contributed by atoms with Crippen LogP contribution >= 0.6 is 11.6 Å². The van der Waals surface area contributed by atoms with Gasteiger partial charge in [0.1, 0.15) is 11.6 Å². The van der Waals surface area contributed by atoms with Crippen LogP contribution in [-0.2, 0) is 9.63 Å². The van der Waals surface area contributed by atoms with E-state index in [1.807, 2.05) is 6.92 Å². The van der Waals surface area contributed by atoms with Gasteiger partial charge in [0, 0.05) is 17.4 Å². The number of hydrogen-bond donors (Lipinski definition) is 1. The number of carbonyl (C=O) groups is 2. The summed E-state index contributed by atoms with van der Waals surface area (Å²) in [6.45, 7) is 2.03. The van der Waals surface area contributed by atoms with E-state index in [0.29, 0.717) is 17.1 Å². The van der Waals surface area contributed by atoms with Crippen molar-refractivity contribution in [2.24, 2.45) is 11.1 Å². The largest absolute Gasteiger partial charge is 0.392 e. The van der Waals surface area contributed by atoms with E-state index in [2.05, 4.69) is 10.5 Å². The Balaban J connectivity index is 1.54. The van der Waals surface area contributed by atoms with Gasteiger partial charge in [-0.15, -0.1) is 0 Å². The van der Waals surface area contributed by atoms with Crippen molar-refractivity contribution in [1.82, 2.24) is 5.32 Å². The Bertz CT molecular complexity index is 718. The molecule has 23 heavy (non-hydrogen) atoms. The fraction of sp³-hybridized carbons (Fsp3) is 0.438. The molecule has 4 rings (SSSR count). The first-order chi connectivity index (χ1) is 11.0. The van der Waals surface area contributed by atoms with Gasteiger partial charge in [-0.25, -0.2) is 9.69 Å². The number of halogens is 1. The number of anilines is 1. The van der Waals surface area contributed by atoms with Crippen molar-refractivity contribution in [3.05, 3.63) is 29.3 Å². The Morgan fingerprint density at radius 1 is 1.39 bits per heavy atom. The van der Waals surface area contributed by atoms with E-state index in [1.54, 1.807) is 24.3 Å². The first-order valence-corrected chi connectivity index (χ1v) is 8.07. The lowest BCUT2D eigenvalue weighted by molar-refractivity contribution is -0.120. The monoisotopic (exact) mass is 333 g/mol. The molecule has 2 fully saturated rings. The summed E-state index contributed by atoms with van der Waals surface area (Å²) >= 11 is 5.86. The summed E-state index contributed by atoms with van der Waals surface area (Å²) in [6, 6.07) is 6.26. The predicted octanol–water partition coefficient (Wildman–Crippen LogP) is 2.71. The molecule has 1 saturated carbocycles. The van der Waals surface area contributed by atoms with Crippen molar-refractivity contribution in [3.63, 3.8) is 0 Å². The summed E-state index contributed by atoms with van der Waals surface area (Å²) in [5.74, 6) is -0.243. The molecule has 1 aromatic carbocycles. The van der Waals surface area contributed by atoms with E-state index < -0.39 is 11.6 Å². The highest BCUT2D eigenvalue weighted by molar-refractivity contribution is 6.31. The second-order valence-corrected chi connectivity index (χ2v) is 6.62. The van der Waals surface area contributed by atoms with Crippen molar-refractivity contribution >= 4 is 34.9 Å². The topological polar surface area (TPSA) is 71.0 Å². The molecule has 120 valence electrons. The van der Waals surface area contributed by atoms with Crippen LogP contribution in [0.25, 0.3) is 0 Å². The molecule has 7 heteroatoms. The van der Waals surface area contributed by atoms with Crippen molar-refractivity contribution in [2.45, 2.75) is 37.8 Å². The minimum Gasteiger partial charge on any atom is -0.392 e. The fourth-order valence-corrected chi connectivity index (χ4v) is 3.54. The first-order valence-electron chi connectivity index (χ1n) is 7.69. The zero-order chi connectivity index (χ0) is 16.2. The second kappa shape index (κ2) is 4.96. The molecule has 2 aliphatic heterocycles. The van der Waals surface area contributed by atoms with E-state index in [4.69, 9.17) is 16.4 Å². The average molecular weight is 334 g/mol. The number of carbonyl (C=O) groups excluding carboxylic acids is 2. The van der Waals surface area contributed by atoms with E-state index in [0.717, 1.165) is 18.6 Å². The highest BCUT2D eigenvalue weighted by atomic mass is 35.5. The smallest absolute Gasteiger partial charge is 0.329 e. The standard InChI is InChI=1S/C16H16ClN3O3/c1-2-10-7-13(23-19-10)12-8-16(12)14(21)20(15(22)18-16)11-5-3-9(17)4-6-11/h3-6,12-13H,2,7-8H2,1H3,(H,18,22)/t12-,13+,16+/m1/s1. The van der Waals surface area contributed by atoms with Crippen LogP contribution in [-0.4, -0.2) is 29.3 Å². The van der Waals surface area contributed by atoms with Gasteiger partial charge in [0.05, 0.1) is 11.4 Å². The molecular formula is C16H16ClN3O3. The number of amides is 3. The summed E-state index contributed by atoms with van der Waals surface area (Å²) in [5, 5.41) is 7.46. The summed E-state index contributed by atoms with van der Waals surface area (Å²) in [7, 11) is 0. The number of urea groups is 1. The van der Waals surface area contributed by atoms with Crippen LogP contribution in [0.4, 0.5) is 10.5 Å². The van der Waals surface area contributed by atoms with Gasteiger partial charge in [-0.05, 0) is 37.1 Å². The van der Waals surface area contributed by atoms with Gasteiger partial charge in [0.15, 0.2) is 0 Å². The van der Waals surface area contributed by atoms with Gasteiger partial charge in [-0.1, -0.05) is 23.7 Å². The lowest BCUT2D eigenvalue weighted by atomic mass is 10.0. The van der Waals surface area contributed by atoms with Crippen molar-refractivity contribution in [1.29, 1.82) is 0 Å². The zero-order valence-corrected chi connectivity index (χ0v) is 13.3. The molecule has 1 spiro atoms. The molecule has 3 amide bonds. The summed E-state index contributed by atoms with van der Waals surface area (Å²) < 4.78 is 0. The molecule has 0 aromatic heterocycles. The average Bonchev–Trinajstić information content (AvgIpc) is 2.96. The Labute approximate surface area is 138 Å². The molecule has 0 radical (unpaired) electrons. The summed E-state index contributed by atoms with van der Waals surface area (Å²) in [4.78, 5) is 31.8. The van der Waals surface area contributed by atoms with Crippen LogP contribution in [0.1, 0.15) is 26.2 Å². The molecule has 1 aliphatic carbocycles. The number of benzene rings is 1. The third kappa shape index (κ3) is 2.12. The summed E-state index contributed by atoms with van der Waals surface area (Å²) in [6.07, 6.45) is 2.04. The van der Waals surface area contributed by atoms with Crippen LogP contribution in [0.2, 0.25) is 5.02 Å². The van der Waals surface area contributed by atoms with Crippen molar-refractivity contribution in [3.8, 4) is 0 Å². The maximum atomic E-state index is 12.8. The Morgan fingerprint density at radius 2 is 2.13 bits per heavy atom. The third-order valence-electron chi connectivity index (χ3n) is 4.83. The molecule has 3 atom stereocenters. The van der Waals surface area contributed by atoms with Gasteiger partial charge < -0.3 is 10.2 Å². The van der Waals surface area contributed by atoms with Crippen molar-refractivity contribution in [2.75, 3.05) is 4.90 Å². The Hall–Kier alpha value is -2.08.